The standard InChI is InChI=1S/C14H16ClN5OS/c1-8-2-5-10(6-11(8)15)17-12(21)7-22-14-19-18-13(20(14)16)9-3-4-9/h2,5-6,9H,3-4,7,16H2,1H3,(H,17,21). The summed E-state index contributed by atoms with van der Waals surface area (Å²) in [4.78, 5) is 12.0. The van der Waals surface area contributed by atoms with E-state index in [1.54, 1.807) is 6.07 Å². The molecule has 1 aromatic carbocycles. The highest BCUT2D eigenvalue weighted by Gasteiger charge is 2.30. The van der Waals surface area contributed by atoms with E-state index in [-0.39, 0.29) is 11.7 Å². The molecule has 1 heterocycles. The lowest BCUT2D eigenvalue weighted by molar-refractivity contribution is -0.113. The van der Waals surface area contributed by atoms with Crippen molar-refractivity contribution in [1.29, 1.82) is 0 Å². The SMILES string of the molecule is Cc1ccc(NC(=O)CSc2nnc(C3CC3)n2N)cc1Cl. The Morgan fingerprint density at radius 1 is 1.50 bits per heavy atom. The van der Waals surface area contributed by atoms with Gasteiger partial charge in [-0.05, 0) is 37.5 Å². The molecule has 22 heavy (non-hydrogen) atoms. The summed E-state index contributed by atoms with van der Waals surface area (Å²) in [7, 11) is 0. The third-order valence-corrected chi connectivity index (χ3v) is 4.77. The molecule has 1 aliphatic rings. The number of aryl methyl sites for hydroxylation is 1. The number of rotatable bonds is 5. The number of hydrogen-bond donors (Lipinski definition) is 2. The molecule has 3 N–H and O–H groups in total. The summed E-state index contributed by atoms with van der Waals surface area (Å²) in [5, 5.41) is 12.1. The number of nitrogens with one attached hydrogen (secondary N) is 1. The Labute approximate surface area is 137 Å². The summed E-state index contributed by atoms with van der Waals surface area (Å²) in [6, 6.07) is 5.42. The van der Waals surface area contributed by atoms with Crippen LogP contribution in [-0.4, -0.2) is 26.5 Å². The largest absolute Gasteiger partial charge is 0.336 e. The molecule has 2 aromatic rings. The van der Waals surface area contributed by atoms with Gasteiger partial charge in [-0.15, -0.1) is 10.2 Å². The van der Waals surface area contributed by atoms with Crippen LogP contribution in [0.2, 0.25) is 5.02 Å². The van der Waals surface area contributed by atoms with Gasteiger partial charge in [-0.3, -0.25) is 4.79 Å². The van der Waals surface area contributed by atoms with E-state index in [1.807, 2.05) is 19.1 Å². The Morgan fingerprint density at radius 2 is 2.27 bits per heavy atom. The van der Waals surface area contributed by atoms with Crippen LogP contribution in [0.4, 0.5) is 5.69 Å². The summed E-state index contributed by atoms with van der Waals surface area (Å²) in [6.45, 7) is 1.91. The van der Waals surface area contributed by atoms with Crippen LogP contribution in [0.5, 0.6) is 0 Å². The molecular formula is C14H16ClN5OS. The van der Waals surface area contributed by atoms with Gasteiger partial charge in [-0.1, -0.05) is 29.4 Å². The Hall–Kier alpha value is -1.73. The number of benzene rings is 1. The van der Waals surface area contributed by atoms with E-state index in [2.05, 4.69) is 15.5 Å². The van der Waals surface area contributed by atoms with Crippen molar-refractivity contribution in [2.24, 2.45) is 0 Å². The molecule has 0 saturated heterocycles. The van der Waals surface area contributed by atoms with Gasteiger partial charge < -0.3 is 11.2 Å². The number of carbonyl (C=O) groups is 1. The van der Waals surface area contributed by atoms with Gasteiger partial charge in [0.25, 0.3) is 0 Å². The van der Waals surface area contributed by atoms with Crippen molar-refractivity contribution in [1.82, 2.24) is 14.9 Å². The molecule has 0 spiro atoms. The molecule has 1 fully saturated rings. The van der Waals surface area contributed by atoms with E-state index < -0.39 is 0 Å². The highest BCUT2D eigenvalue weighted by molar-refractivity contribution is 7.99. The zero-order chi connectivity index (χ0) is 15.7. The number of amides is 1. The monoisotopic (exact) mass is 337 g/mol. The molecule has 8 heteroatoms. The zero-order valence-electron chi connectivity index (χ0n) is 12.0. The number of nitrogens with zero attached hydrogens (tertiary/aromatic N) is 3. The van der Waals surface area contributed by atoms with Crippen LogP contribution in [0.15, 0.2) is 23.4 Å². The number of anilines is 1. The first kappa shape index (κ1) is 15.2. The number of aromatic nitrogens is 3. The average Bonchev–Trinajstić information content (AvgIpc) is 3.25. The predicted molar refractivity (Wildman–Crippen MR) is 87.7 cm³/mol. The lowest BCUT2D eigenvalue weighted by Gasteiger charge is -2.06. The Bertz CT molecular complexity index is 713. The Balaban J connectivity index is 1.56. The van der Waals surface area contributed by atoms with Crippen molar-refractivity contribution in [3.05, 3.63) is 34.6 Å². The minimum atomic E-state index is -0.138. The number of hydrogen-bond acceptors (Lipinski definition) is 5. The van der Waals surface area contributed by atoms with Crippen LogP contribution in [0.3, 0.4) is 0 Å². The summed E-state index contributed by atoms with van der Waals surface area (Å²) >= 11 is 7.30. The lowest BCUT2D eigenvalue weighted by Crippen LogP contribution is -2.17. The summed E-state index contributed by atoms with van der Waals surface area (Å²) in [6.07, 6.45) is 2.21. The van der Waals surface area contributed by atoms with E-state index in [4.69, 9.17) is 17.4 Å². The van der Waals surface area contributed by atoms with Gasteiger partial charge >= 0.3 is 0 Å². The maximum absolute atomic E-state index is 12.0. The van der Waals surface area contributed by atoms with E-state index in [1.165, 1.54) is 16.4 Å². The maximum Gasteiger partial charge on any atom is 0.234 e. The van der Waals surface area contributed by atoms with Crippen molar-refractivity contribution in [3.63, 3.8) is 0 Å². The summed E-state index contributed by atoms with van der Waals surface area (Å²) in [5.74, 6) is 7.24. The third-order valence-electron chi connectivity index (χ3n) is 3.42. The summed E-state index contributed by atoms with van der Waals surface area (Å²) in [5.41, 5.74) is 1.65. The fourth-order valence-electron chi connectivity index (χ4n) is 2.00. The van der Waals surface area contributed by atoms with Crippen molar-refractivity contribution >= 4 is 35.0 Å². The van der Waals surface area contributed by atoms with E-state index in [9.17, 15) is 4.79 Å². The number of carbonyl (C=O) groups excluding carboxylic acids is 1. The van der Waals surface area contributed by atoms with Gasteiger partial charge in [0.15, 0.2) is 5.82 Å². The van der Waals surface area contributed by atoms with Crippen molar-refractivity contribution in [2.45, 2.75) is 30.8 Å². The van der Waals surface area contributed by atoms with Gasteiger partial charge in [-0.2, -0.15) is 0 Å². The van der Waals surface area contributed by atoms with Crippen molar-refractivity contribution < 1.29 is 4.79 Å². The second kappa shape index (κ2) is 6.18. The molecule has 1 aliphatic carbocycles. The van der Waals surface area contributed by atoms with Crippen LogP contribution in [0.1, 0.15) is 30.1 Å². The number of thioether (sulfide) groups is 1. The molecule has 116 valence electrons. The molecule has 0 radical (unpaired) electrons. The smallest absolute Gasteiger partial charge is 0.234 e. The van der Waals surface area contributed by atoms with Gasteiger partial charge in [0.05, 0.1) is 5.75 Å². The molecule has 0 aliphatic heterocycles. The van der Waals surface area contributed by atoms with Crippen LogP contribution >= 0.6 is 23.4 Å². The minimum absolute atomic E-state index is 0.138. The van der Waals surface area contributed by atoms with Crippen molar-refractivity contribution in [2.75, 3.05) is 16.9 Å². The second-order valence-corrected chi connectivity index (χ2v) is 6.64. The van der Waals surface area contributed by atoms with E-state index in [0.717, 1.165) is 24.2 Å². The molecule has 1 aromatic heterocycles. The lowest BCUT2D eigenvalue weighted by atomic mass is 10.2. The Kier molecular flexibility index (Phi) is 4.26. The first-order valence-corrected chi connectivity index (χ1v) is 8.30. The number of halogens is 1. The molecule has 1 amide bonds. The van der Waals surface area contributed by atoms with Crippen LogP contribution < -0.4 is 11.2 Å². The van der Waals surface area contributed by atoms with E-state index >= 15 is 0 Å². The highest BCUT2D eigenvalue weighted by atomic mass is 35.5. The third kappa shape index (κ3) is 3.36. The molecule has 0 unspecified atom stereocenters. The van der Waals surface area contributed by atoms with Crippen LogP contribution in [0, 0.1) is 6.92 Å². The fourth-order valence-corrected chi connectivity index (χ4v) is 2.85. The Morgan fingerprint density at radius 3 is 2.95 bits per heavy atom. The maximum atomic E-state index is 12.0. The van der Waals surface area contributed by atoms with Gasteiger partial charge in [0, 0.05) is 16.6 Å². The number of nitrogen functional groups attached to an aromatic ring is 1. The fraction of sp³-hybridized carbons (Fsp3) is 0.357. The summed E-state index contributed by atoms with van der Waals surface area (Å²) < 4.78 is 1.48. The van der Waals surface area contributed by atoms with Gasteiger partial charge in [0.1, 0.15) is 0 Å². The molecule has 1 saturated carbocycles. The predicted octanol–water partition coefficient (Wildman–Crippen LogP) is 2.56. The molecule has 6 nitrogen and oxygen atoms in total. The molecule has 0 bridgehead atoms. The van der Waals surface area contributed by atoms with Gasteiger partial charge in [0.2, 0.25) is 11.1 Å². The van der Waals surface area contributed by atoms with Gasteiger partial charge in [-0.25, -0.2) is 4.68 Å². The average molecular weight is 338 g/mol. The molecular weight excluding hydrogens is 322 g/mol. The quantitative estimate of drug-likeness (QED) is 0.647. The minimum Gasteiger partial charge on any atom is -0.336 e. The van der Waals surface area contributed by atoms with E-state index in [0.29, 0.717) is 21.8 Å². The van der Waals surface area contributed by atoms with Crippen LogP contribution in [-0.2, 0) is 4.79 Å². The molecule has 0 atom stereocenters. The van der Waals surface area contributed by atoms with Crippen LogP contribution in [0.25, 0.3) is 0 Å². The normalized spacial score (nSPS) is 14.1. The first-order valence-electron chi connectivity index (χ1n) is 6.94. The zero-order valence-corrected chi connectivity index (χ0v) is 13.6. The molecule has 3 rings (SSSR count). The highest BCUT2D eigenvalue weighted by Crippen LogP contribution is 2.39. The number of nitrogens with two attached hydrogens (primary N) is 1. The van der Waals surface area contributed by atoms with Crippen molar-refractivity contribution in [3.8, 4) is 0 Å². The second-order valence-electron chi connectivity index (χ2n) is 5.29. The topological polar surface area (TPSA) is 85.8 Å². The first-order chi connectivity index (χ1) is 10.5.